The SMILES string of the molecule is CC1CCCC(NC[C@H](O)CO)CC1. The highest BCUT2D eigenvalue weighted by molar-refractivity contribution is 4.74. The van der Waals surface area contributed by atoms with Crippen molar-refractivity contribution in [1.82, 2.24) is 5.32 Å². The van der Waals surface area contributed by atoms with Crippen molar-refractivity contribution in [2.45, 2.75) is 51.2 Å². The van der Waals surface area contributed by atoms with E-state index in [2.05, 4.69) is 12.2 Å². The van der Waals surface area contributed by atoms with Gasteiger partial charge in [0, 0.05) is 12.6 Å². The van der Waals surface area contributed by atoms with E-state index < -0.39 is 6.10 Å². The average molecular weight is 201 g/mol. The van der Waals surface area contributed by atoms with E-state index in [1.165, 1.54) is 32.1 Å². The van der Waals surface area contributed by atoms with Gasteiger partial charge in [0.05, 0.1) is 12.7 Å². The predicted octanol–water partition coefficient (Wildman–Crippen LogP) is 0.898. The van der Waals surface area contributed by atoms with Gasteiger partial charge in [0.15, 0.2) is 0 Å². The molecule has 0 spiro atoms. The van der Waals surface area contributed by atoms with Crippen LogP contribution in [0.3, 0.4) is 0 Å². The predicted molar refractivity (Wildman–Crippen MR) is 57.1 cm³/mol. The molecular weight excluding hydrogens is 178 g/mol. The summed E-state index contributed by atoms with van der Waals surface area (Å²) >= 11 is 0. The molecule has 0 bridgehead atoms. The summed E-state index contributed by atoms with van der Waals surface area (Å²) in [5.74, 6) is 0.851. The molecule has 0 radical (unpaired) electrons. The fourth-order valence-corrected chi connectivity index (χ4v) is 2.06. The van der Waals surface area contributed by atoms with Crippen molar-refractivity contribution >= 4 is 0 Å². The molecule has 0 aromatic rings. The Bertz CT molecular complexity index is 152. The molecular formula is C11H23NO2. The number of hydrogen-bond acceptors (Lipinski definition) is 3. The molecule has 1 fully saturated rings. The Labute approximate surface area is 86.5 Å². The molecule has 1 aliphatic rings. The van der Waals surface area contributed by atoms with Gasteiger partial charge in [0.25, 0.3) is 0 Å². The summed E-state index contributed by atoms with van der Waals surface area (Å²) in [6, 6.07) is 0.543. The Hall–Kier alpha value is -0.120. The van der Waals surface area contributed by atoms with E-state index in [1.807, 2.05) is 0 Å². The van der Waals surface area contributed by atoms with Crippen LogP contribution in [0.2, 0.25) is 0 Å². The van der Waals surface area contributed by atoms with Crippen molar-refractivity contribution in [2.24, 2.45) is 5.92 Å². The highest BCUT2D eigenvalue weighted by Gasteiger charge is 2.16. The molecule has 0 aliphatic heterocycles. The first kappa shape index (κ1) is 12.0. The van der Waals surface area contributed by atoms with Crippen molar-refractivity contribution in [3.63, 3.8) is 0 Å². The van der Waals surface area contributed by atoms with Crippen LogP contribution in [0.15, 0.2) is 0 Å². The number of aliphatic hydroxyl groups excluding tert-OH is 2. The summed E-state index contributed by atoms with van der Waals surface area (Å²) in [5, 5.41) is 21.2. The lowest BCUT2D eigenvalue weighted by Crippen LogP contribution is -2.36. The van der Waals surface area contributed by atoms with Gasteiger partial charge in [-0.2, -0.15) is 0 Å². The molecule has 0 aromatic carbocycles. The van der Waals surface area contributed by atoms with Crippen molar-refractivity contribution in [3.8, 4) is 0 Å². The van der Waals surface area contributed by atoms with Gasteiger partial charge in [-0.3, -0.25) is 0 Å². The minimum absolute atomic E-state index is 0.143. The van der Waals surface area contributed by atoms with Crippen LogP contribution in [0.4, 0.5) is 0 Å². The molecule has 3 N–H and O–H groups in total. The lowest BCUT2D eigenvalue weighted by atomic mass is 10.0. The Morgan fingerprint density at radius 2 is 2.07 bits per heavy atom. The summed E-state index contributed by atoms with van der Waals surface area (Å²) in [6.07, 6.45) is 5.72. The van der Waals surface area contributed by atoms with Crippen molar-refractivity contribution in [3.05, 3.63) is 0 Å². The molecule has 0 heterocycles. The zero-order valence-electron chi connectivity index (χ0n) is 9.08. The van der Waals surface area contributed by atoms with Gasteiger partial charge in [-0.05, 0) is 25.2 Å². The molecule has 3 atom stereocenters. The molecule has 3 nitrogen and oxygen atoms in total. The second kappa shape index (κ2) is 6.38. The normalized spacial score (nSPS) is 31.1. The van der Waals surface area contributed by atoms with Crippen LogP contribution in [0.5, 0.6) is 0 Å². The Morgan fingerprint density at radius 3 is 2.79 bits per heavy atom. The maximum absolute atomic E-state index is 9.20. The molecule has 3 heteroatoms. The van der Waals surface area contributed by atoms with Crippen LogP contribution >= 0.6 is 0 Å². The smallest absolute Gasteiger partial charge is 0.0895 e. The molecule has 0 amide bonds. The van der Waals surface area contributed by atoms with E-state index in [9.17, 15) is 5.11 Å². The van der Waals surface area contributed by atoms with Gasteiger partial charge in [-0.25, -0.2) is 0 Å². The quantitative estimate of drug-likeness (QED) is 0.592. The van der Waals surface area contributed by atoms with Gasteiger partial charge in [-0.15, -0.1) is 0 Å². The number of hydrogen-bond donors (Lipinski definition) is 3. The van der Waals surface area contributed by atoms with Crippen LogP contribution in [-0.2, 0) is 0 Å². The minimum Gasteiger partial charge on any atom is -0.394 e. The zero-order chi connectivity index (χ0) is 10.4. The largest absolute Gasteiger partial charge is 0.394 e. The van der Waals surface area contributed by atoms with Crippen molar-refractivity contribution in [2.75, 3.05) is 13.2 Å². The maximum atomic E-state index is 9.20. The van der Waals surface area contributed by atoms with E-state index in [0.29, 0.717) is 12.6 Å². The average Bonchev–Trinajstić information content (AvgIpc) is 2.39. The van der Waals surface area contributed by atoms with Gasteiger partial charge in [-0.1, -0.05) is 19.8 Å². The fraction of sp³-hybridized carbons (Fsp3) is 1.00. The Morgan fingerprint density at radius 1 is 1.29 bits per heavy atom. The minimum atomic E-state index is -0.601. The van der Waals surface area contributed by atoms with Gasteiger partial charge in [0.2, 0.25) is 0 Å². The third kappa shape index (κ3) is 4.40. The maximum Gasteiger partial charge on any atom is 0.0895 e. The summed E-state index contributed by atoms with van der Waals surface area (Å²) in [7, 11) is 0. The van der Waals surface area contributed by atoms with Gasteiger partial charge >= 0.3 is 0 Å². The monoisotopic (exact) mass is 201 g/mol. The second-order valence-corrected chi connectivity index (χ2v) is 4.55. The highest BCUT2D eigenvalue weighted by atomic mass is 16.3. The van der Waals surface area contributed by atoms with Crippen LogP contribution < -0.4 is 5.32 Å². The number of rotatable bonds is 4. The summed E-state index contributed by atoms with van der Waals surface area (Å²) in [4.78, 5) is 0. The first-order valence-electron chi connectivity index (χ1n) is 5.74. The summed E-state index contributed by atoms with van der Waals surface area (Å²) in [5.41, 5.74) is 0. The third-order valence-corrected chi connectivity index (χ3v) is 3.11. The molecule has 1 rings (SSSR count). The molecule has 1 aliphatic carbocycles. The number of aliphatic hydroxyl groups is 2. The lowest BCUT2D eigenvalue weighted by Gasteiger charge is -2.18. The molecule has 1 saturated carbocycles. The topological polar surface area (TPSA) is 52.5 Å². The number of nitrogens with one attached hydrogen (secondary N) is 1. The highest BCUT2D eigenvalue weighted by Crippen LogP contribution is 2.22. The van der Waals surface area contributed by atoms with Crippen molar-refractivity contribution < 1.29 is 10.2 Å². The van der Waals surface area contributed by atoms with Crippen molar-refractivity contribution in [1.29, 1.82) is 0 Å². The molecule has 0 aromatic heterocycles. The zero-order valence-corrected chi connectivity index (χ0v) is 9.08. The van der Waals surface area contributed by atoms with E-state index in [4.69, 9.17) is 5.11 Å². The van der Waals surface area contributed by atoms with E-state index >= 15 is 0 Å². The molecule has 0 saturated heterocycles. The van der Waals surface area contributed by atoms with Crippen LogP contribution in [0.1, 0.15) is 39.0 Å². The molecule has 84 valence electrons. The first-order chi connectivity index (χ1) is 6.72. The van der Waals surface area contributed by atoms with E-state index in [0.717, 1.165) is 5.92 Å². The van der Waals surface area contributed by atoms with E-state index in [1.54, 1.807) is 0 Å². The van der Waals surface area contributed by atoms with Crippen LogP contribution in [-0.4, -0.2) is 35.5 Å². The standard InChI is InChI=1S/C11H23NO2/c1-9-3-2-4-10(6-5-9)12-7-11(14)8-13/h9-14H,2-8H2,1H3/t9?,10?,11-/m0/s1. The molecule has 2 unspecified atom stereocenters. The second-order valence-electron chi connectivity index (χ2n) is 4.55. The van der Waals surface area contributed by atoms with Crippen LogP contribution in [0.25, 0.3) is 0 Å². The Kier molecular flexibility index (Phi) is 5.45. The lowest BCUT2D eigenvalue weighted by molar-refractivity contribution is 0.0913. The fourth-order valence-electron chi connectivity index (χ4n) is 2.06. The Balaban J connectivity index is 2.17. The van der Waals surface area contributed by atoms with Gasteiger partial charge < -0.3 is 15.5 Å². The van der Waals surface area contributed by atoms with Gasteiger partial charge in [0.1, 0.15) is 0 Å². The summed E-state index contributed by atoms with van der Waals surface area (Å²) in [6.45, 7) is 2.69. The molecule has 14 heavy (non-hydrogen) atoms. The summed E-state index contributed by atoms with van der Waals surface area (Å²) < 4.78 is 0. The first-order valence-corrected chi connectivity index (χ1v) is 5.74. The van der Waals surface area contributed by atoms with Crippen LogP contribution in [0, 0.1) is 5.92 Å². The van der Waals surface area contributed by atoms with E-state index in [-0.39, 0.29) is 6.61 Å². The third-order valence-electron chi connectivity index (χ3n) is 3.11.